The summed E-state index contributed by atoms with van der Waals surface area (Å²) in [5.41, 5.74) is 12.4. The maximum atomic E-state index is 12.6. The molecule has 25 heavy (non-hydrogen) atoms. The van der Waals surface area contributed by atoms with Crippen molar-refractivity contribution < 1.29 is 19.4 Å². The van der Waals surface area contributed by atoms with Gasteiger partial charge in [0.2, 0.25) is 0 Å². The number of nitrogen functional groups attached to an aromatic ring is 2. The van der Waals surface area contributed by atoms with E-state index in [-0.39, 0.29) is 0 Å². The zero-order valence-electron chi connectivity index (χ0n) is 13.8. The first-order chi connectivity index (χ1) is 11.9. The number of esters is 1. The summed E-state index contributed by atoms with van der Waals surface area (Å²) in [6.07, 6.45) is 0.523. The van der Waals surface area contributed by atoms with Crippen molar-refractivity contribution in [3.63, 3.8) is 0 Å². The molecular formula is C19H20N2O4. The fraction of sp³-hybridized carbons (Fsp3) is 0.263. The summed E-state index contributed by atoms with van der Waals surface area (Å²) in [6, 6.07) is 13.9. The molecule has 3 rings (SSSR count). The summed E-state index contributed by atoms with van der Waals surface area (Å²) in [5.74, 6) is -2.90. The lowest BCUT2D eigenvalue weighted by Gasteiger charge is -2.51. The van der Waals surface area contributed by atoms with Gasteiger partial charge in [0.15, 0.2) is 5.41 Å². The van der Waals surface area contributed by atoms with Crippen LogP contribution in [-0.2, 0) is 14.3 Å². The van der Waals surface area contributed by atoms with Crippen molar-refractivity contribution >= 4 is 23.3 Å². The van der Waals surface area contributed by atoms with Crippen LogP contribution in [-0.4, -0.2) is 24.2 Å². The Morgan fingerprint density at radius 2 is 1.36 bits per heavy atom. The maximum absolute atomic E-state index is 12.6. The third-order valence-electron chi connectivity index (χ3n) is 5.13. The smallest absolute Gasteiger partial charge is 0.324 e. The van der Waals surface area contributed by atoms with Crippen LogP contribution >= 0.6 is 0 Å². The third-order valence-corrected chi connectivity index (χ3v) is 5.13. The van der Waals surface area contributed by atoms with Gasteiger partial charge in [0.1, 0.15) is 0 Å². The zero-order valence-corrected chi connectivity index (χ0v) is 13.8. The number of ether oxygens (including phenoxy) is 1. The van der Waals surface area contributed by atoms with E-state index in [0.29, 0.717) is 17.8 Å². The molecule has 2 atom stereocenters. The number of carbonyl (C=O) groups excluding carboxylic acids is 1. The fourth-order valence-corrected chi connectivity index (χ4v) is 3.78. The highest BCUT2D eigenvalue weighted by Gasteiger charge is 2.67. The van der Waals surface area contributed by atoms with Crippen LogP contribution in [0.2, 0.25) is 0 Å². The van der Waals surface area contributed by atoms with Gasteiger partial charge >= 0.3 is 11.9 Å². The van der Waals surface area contributed by atoms with E-state index < -0.39 is 29.2 Å². The third kappa shape index (κ3) is 2.50. The van der Waals surface area contributed by atoms with Crippen LogP contribution in [0.5, 0.6) is 0 Å². The van der Waals surface area contributed by atoms with Crippen molar-refractivity contribution in [3.05, 3.63) is 59.7 Å². The molecule has 2 unspecified atom stereocenters. The lowest BCUT2D eigenvalue weighted by Crippen LogP contribution is -2.57. The topological polar surface area (TPSA) is 116 Å². The number of hydrogen-bond acceptors (Lipinski definition) is 5. The zero-order chi connectivity index (χ0) is 18.2. The summed E-state index contributed by atoms with van der Waals surface area (Å²) >= 11 is 0. The van der Waals surface area contributed by atoms with Crippen LogP contribution in [0.25, 0.3) is 0 Å². The standard InChI is InChI=1S/C19H20N2O4/c1-25-18(24)19(17(22)23)15(11-2-6-13(20)7-3-11)10-16(19)12-4-8-14(21)9-5-12/h2-9,15-16H,10,20-21H2,1H3,(H,22,23). The van der Waals surface area contributed by atoms with Crippen molar-refractivity contribution in [2.24, 2.45) is 5.41 Å². The number of hydrogen-bond donors (Lipinski definition) is 3. The van der Waals surface area contributed by atoms with Gasteiger partial charge in [0, 0.05) is 23.2 Å². The number of benzene rings is 2. The number of methoxy groups -OCH3 is 1. The normalized spacial score (nSPS) is 25.0. The predicted molar refractivity (Wildman–Crippen MR) is 93.9 cm³/mol. The lowest BCUT2D eigenvalue weighted by molar-refractivity contribution is -0.179. The second-order valence-corrected chi connectivity index (χ2v) is 6.34. The van der Waals surface area contributed by atoms with Gasteiger partial charge in [0.25, 0.3) is 0 Å². The van der Waals surface area contributed by atoms with Crippen LogP contribution in [0.15, 0.2) is 48.5 Å². The van der Waals surface area contributed by atoms with Crippen LogP contribution in [0.3, 0.4) is 0 Å². The number of rotatable bonds is 4. The molecule has 5 N–H and O–H groups in total. The van der Waals surface area contributed by atoms with E-state index in [2.05, 4.69) is 0 Å². The van der Waals surface area contributed by atoms with Gasteiger partial charge in [-0.2, -0.15) is 0 Å². The highest BCUT2D eigenvalue weighted by atomic mass is 16.5. The number of anilines is 2. The van der Waals surface area contributed by atoms with Gasteiger partial charge in [-0.15, -0.1) is 0 Å². The molecule has 2 aromatic rings. The quantitative estimate of drug-likeness (QED) is 0.447. The number of nitrogens with two attached hydrogens (primary N) is 2. The monoisotopic (exact) mass is 340 g/mol. The van der Waals surface area contributed by atoms with E-state index in [4.69, 9.17) is 16.2 Å². The minimum atomic E-state index is -1.67. The van der Waals surface area contributed by atoms with E-state index >= 15 is 0 Å². The van der Waals surface area contributed by atoms with E-state index in [1.807, 2.05) is 0 Å². The van der Waals surface area contributed by atoms with Crippen LogP contribution < -0.4 is 11.5 Å². The molecule has 0 spiro atoms. The second-order valence-electron chi connectivity index (χ2n) is 6.34. The molecule has 0 radical (unpaired) electrons. The molecule has 1 fully saturated rings. The fourth-order valence-electron chi connectivity index (χ4n) is 3.78. The molecule has 1 aliphatic carbocycles. The van der Waals surface area contributed by atoms with Crippen molar-refractivity contribution in [2.75, 3.05) is 18.6 Å². The Hall–Kier alpha value is -3.02. The Bertz CT molecular complexity index is 748. The average molecular weight is 340 g/mol. The summed E-state index contributed by atoms with van der Waals surface area (Å²) in [7, 11) is 1.21. The molecule has 1 aliphatic rings. The SMILES string of the molecule is COC(=O)C1(C(=O)O)C(c2ccc(N)cc2)CC1c1ccc(N)cc1. The Labute approximate surface area is 145 Å². The number of carbonyl (C=O) groups is 2. The molecule has 0 saturated heterocycles. The molecule has 0 amide bonds. The minimum Gasteiger partial charge on any atom is -0.480 e. The first-order valence-electron chi connectivity index (χ1n) is 7.94. The van der Waals surface area contributed by atoms with Crippen molar-refractivity contribution in [1.29, 1.82) is 0 Å². The molecule has 0 bridgehead atoms. The van der Waals surface area contributed by atoms with Gasteiger partial charge in [-0.1, -0.05) is 24.3 Å². The first kappa shape index (κ1) is 16.8. The molecular weight excluding hydrogens is 320 g/mol. The van der Waals surface area contributed by atoms with Crippen LogP contribution in [0, 0.1) is 5.41 Å². The van der Waals surface area contributed by atoms with Gasteiger partial charge in [0.05, 0.1) is 7.11 Å². The highest BCUT2D eigenvalue weighted by molar-refractivity contribution is 6.03. The summed E-state index contributed by atoms with van der Waals surface area (Å²) < 4.78 is 4.90. The minimum absolute atomic E-state index is 0.486. The number of carboxylic acids is 1. The predicted octanol–water partition coefficient (Wildman–Crippen LogP) is 2.37. The van der Waals surface area contributed by atoms with E-state index in [1.54, 1.807) is 48.5 Å². The van der Waals surface area contributed by atoms with E-state index in [0.717, 1.165) is 11.1 Å². The number of carboxylic acid groups (broad SMARTS) is 1. The average Bonchev–Trinajstić information content (AvgIpc) is 2.57. The summed E-state index contributed by atoms with van der Waals surface area (Å²) in [5, 5.41) is 10.0. The largest absolute Gasteiger partial charge is 0.480 e. The molecule has 6 heteroatoms. The highest BCUT2D eigenvalue weighted by Crippen LogP contribution is 2.62. The molecule has 6 nitrogen and oxygen atoms in total. The Morgan fingerprint density at radius 1 is 0.960 bits per heavy atom. The van der Waals surface area contributed by atoms with Crippen LogP contribution in [0.1, 0.15) is 29.4 Å². The molecule has 1 saturated carbocycles. The van der Waals surface area contributed by atoms with Gasteiger partial charge in [-0.25, -0.2) is 0 Å². The van der Waals surface area contributed by atoms with Crippen molar-refractivity contribution in [1.82, 2.24) is 0 Å². The molecule has 0 aromatic heterocycles. The van der Waals surface area contributed by atoms with Gasteiger partial charge in [-0.3, -0.25) is 9.59 Å². The summed E-state index contributed by atoms with van der Waals surface area (Å²) in [6.45, 7) is 0. The molecule has 130 valence electrons. The molecule has 0 heterocycles. The molecule has 0 aliphatic heterocycles. The Morgan fingerprint density at radius 3 is 1.68 bits per heavy atom. The number of aliphatic carboxylic acids is 1. The Balaban J connectivity index is 2.09. The van der Waals surface area contributed by atoms with E-state index in [9.17, 15) is 14.7 Å². The van der Waals surface area contributed by atoms with Crippen LogP contribution in [0.4, 0.5) is 11.4 Å². The Kier molecular flexibility index (Phi) is 4.12. The maximum Gasteiger partial charge on any atom is 0.324 e. The van der Waals surface area contributed by atoms with Crippen molar-refractivity contribution in [3.8, 4) is 0 Å². The second kappa shape index (κ2) is 6.12. The van der Waals surface area contributed by atoms with E-state index in [1.165, 1.54) is 7.11 Å². The summed E-state index contributed by atoms with van der Waals surface area (Å²) in [4.78, 5) is 24.9. The first-order valence-corrected chi connectivity index (χ1v) is 7.94. The van der Waals surface area contributed by atoms with Gasteiger partial charge in [-0.05, 0) is 41.8 Å². The van der Waals surface area contributed by atoms with Gasteiger partial charge < -0.3 is 21.3 Å². The lowest BCUT2D eigenvalue weighted by atomic mass is 9.49. The molecule has 2 aromatic carbocycles. The van der Waals surface area contributed by atoms with Crippen molar-refractivity contribution in [2.45, 2.75) is 18.3 Å².